The number of likely N-dealkylation sites (tertiary alicyclic amines) is 2. The number of nitrogens with zero attached hydrogens (tertiary/aromatic N) is 2. The molecular formula is C86H115N15O23S. The first-order valence-corrected chi connectivity index (χ1v) is 43.5. The van der Waals surface area contributed by atoms with E-state index < -0.39 is 178 Å². The lowest BCUT2D eigenvalue weighted by molar-refractivity contribution is -0.143. The van der Waals surface area contributed by atoms with Gasteiger partial charge in [0.1, 0.15) is 53.3 Å². The summed E-state index contributed by atoms with van der Waals surface area (Å²) < 4.78 is 56.9. The van der Waals surface area contributed by atoms with Crippen molar-refractivity contribution in [2.24, 2.45) is 35.1 Å². The molecule has 4 aliphatic rings. The highest BCUT2D eigenvalue weighted by atomic mass is 32.2. The maximum Gasteiger partial charge on any atom is 0.407 e. The molecule has 5 aromatic rings. The van der Waals surface area contributed by atoms with Crippen LogP contribution in [0.5, 0.6) is 11.5 Å². The topological polar surface area (TPSA) is 548 Å². The van der Waals surface area contributed by atoms with E-state index in [2.05, 4.69) is 57.9 Å². The lowest BCUT2D eigenvalue weighted by Gasteiger charge is -2.34. The van der Waals surface area contributed by atoms with E-state index in [4.69, 9.17) is 34.8 Å². The summed E-state index contributed by atoms with van der Waals surface area (Å²) in [5, 5.41) is 25.8. The predicted octanol–water partition coefficient (Wildman–Crippen LogP) is 4.12. The number of Topliss-reactive ketones (excluding diaryl/α,β-unsaturated/α-hetero) is 2. The molecule has 0 bridgehead atoms. The Bertz CT molecular complexity index is 4810. The fourth-order valence-electron chi connectivity index (χ4n) is 15.3. The van der Waals surface area contributed by atoms with Crippen LogP contribution in [-0.4, -0.2) is 209 Å². The minimum Gasteiger partial charge on any atom is -0.497 e. The Morgan fingerprint density at radius 1 is 0.528 bits per heavy atom. The third kappa shape index (κ3) is 28.8. The van der Waals surface area contributed by atoms with Crippen LogP contribution in [0.25, 0.3) is 11.0 Å². The second-order valence-corrected chi connectivity index (χ2v) is 33.8. The predicted molar refractivity (Wildman–Crippen MR) is 454 cm³/mol. The number of ketones is 2. The van der Waals surface area contributed by atoms with Gasteiger partial charge in [-0.05, 0) is 129 Å². The van der Waals surface area contributed by atoms with Gasteiger partial charge in [0.15, 0.2) is 0 Å². The van der Waals surface area contributed by atoms with Gasteiger partial charge in [-0.1, -0.05) is 154 Å². The van der Waals surface area contributed by atoms with Crippen LogP contribution in [0.15, 0.2) is 123 Å². The highest BCUT2D eigenvalue weighted by Crippen LogP contribution is 2.34. The molecule has 38 nitrogen and oxygen atoms in total. The maximum atomic E-state index is 14.7. The average molecular weight is 1760 g/mol. The summed E-state index contributed by atoms with van der Waals surface area (Å²) in [5.74, 6) is -10.5. The summed E-state index contributed by atoms with van der Waals surface area (Å²) in [5.41, 5.74) is 11.6. The number of carbonyl (C=O) groups excluding carboxylic acids is 15. The number of urea groups is 1. The standard InChI is InChI=1S/C44H57N7O13S.C42H58N8O10/c1-5-12-31(39(54)42(57)46-22-35(52)48-37(40(45)55)26-13-8-6-9-14-26)47-41(56)32-19-28(50-65(60,61)29-17-18-33-30(20-29)34(62-4)21-36(53)64-33)23-51(32)43(58)38(27-15-10-7-11-16-27)49-44(59)63-24-25(2)3;1-5-12-31(36(52)39(55)44-22-33(51)48-34(37(43)53)26-13-8-6-9-14-26)47-38(54)32-21-29(46-41(57)45-28-17-19-30(59-4)20-18-28)23-50(32)40(56)35(27-15-10-7-11-16-27)49-42(58)60-24-25(2)3/h6,8-9,13-14,17-18,20-21,25,27-28,31-32,37-38,50H,5,7,10-12,15-16,19,22-24H2,1-4H3,(H2,45,55)(H,46,57)(H,47,56)(H,48,52)(H,49,59);6,8-9,13-14,17-20,25,27,29,31-32,34-35H,5,7,10-12,15-16,21-24H2,1-4H3,(H2,43,53)(H,44,55)(H,47,54)(H,48,51)(H,49,58)(H2,45,46,57)/t28-,31?,32?,37+,38+;29-,31?,32+,34+,35+/m11/s1. The van der Waals surface area contributed by atoms with Gasteiger partial charge in [0.05, 0.1) is 75.0 Å². The molecule has 15 N–H and O–H groups in total. The molecule has 39 heteroatoms. The smallest absolute Gasteiger partial charge is 0.407 e. The number of nitrogens with one attached hydrogen (secondary N) is 11. The Labute approximate surface area is 724 Å². The van der Waals surface area contributed by atoms with Gasteiger partial charge in [0, 0.05) is 24.8 Å². The first kappa shape index (κ1) is 97.9. The number of benzene rings is 4. The molecule has 0 spiro atoms. The number of amides is 14. The van der Waals surface area contributed by atoms with Crippen molar-refractivity contribution in [1.29, 1.82) is 0 Å². The van der Waals surface area contributed by atoms with Crippen LogP contribution >= 0.6 is 0 Å². The number of ether oxygens (including phenoxy) is 4. The largest absolute Gasteiger partial charge is 0.497 e. The highest BCUT2D eigenvalue weighted by Gasteiger charge is 2.49. The lowest BCUT2D eigenvalue weighted by Crippen LogP contribution is -2.58. The zero-order chi connectivity index (χ0) is 91.2. The molecule has 2 saturated heterocycles. The fourth-order valence-corrected chi connectivity index (χ4v) is 16.6. The van der Waals surface area contributed by atoms with Crippen LogP contribution in [0.3, 0.4) is 0 Å². The minimum atomic E-state index is -4.39. The zero-order valence-corrected chi connectivity index (χ0v) is 72.2. The van der Waals surface area contributed by atoms with E-state index in [1.54, 1.807) is 98.8 Å². The molecule has 4 fully saturated rings. The average Bonchev–Trinajstić information content (AvgIpc) is 1.70. The van der Waals surface area contributed by atoms with Gasteiger partial charge < -0.3 is 97.8 Å². The lowest BCUT2D eigenvalue weighted by atomic mass is 9.83. The molecule has 1 aromatic heterocycles. The van der Waals surface area contributed by atoms with Gasteiger partial charge in [-0.15, -0.1) is 0 Å². The van der Waals surface area contributed by atoms with Gasteiger partial charge in [-0.2, -0.15) is 0 Å². The van der Waals surface area contributed by atoms with E-state index in [1.165, 1.54) is 42.2 Å². The molecule has 14 amide bonds. The Balaban J connectivity index is 0.000000311. The number of fused-ring (bicyclic) bond motifs is 1. The summed E-state index contributed by atoms with van der Waals surface area (Å²) in [4.78, 5) is 214. The van der Waals surface area contributed by atoms with Crippen molar-refractivity contribution in [2.45, 2.75) is 210 Å². The summed E-state index contributed by atoms with van der Waals surface area (Å²) in [6.45, 7) is 9.32. The molecule has 3 heterocycles. The number of nitrogens with two attached hydrogens (primary N) is 2. The van der Waals surface area contributed by atoms with Crippen molar-refractivity contribution < 1.29 is 104 Å². The van der Waals surface area contributed by atoms with Crippen LogP contribution in [0, 0.1) is 23.7 Å². The van der Waals surface area contributed by atoms with Gasteiger partial charge in [0.2, 0.25) is 68.8 Å². The molecule has 2 saturated carbocycles. The van der Waals surface area contributed by atoms with Crippen LogP contribution in [0.1, 0.15) is 167 Å². The van der Waals surface area contributed by atoms with Crippen molar-refractivity contribution in [1.82, 2.24) is 62.4 Å². The Morgan fingerprint density at radius 3 is 1.38 bits per heavy atom. The molecular weight excluding hydrogens is 1640 g/mol. The van der Waals surface area contributed by atoms with Crippen molar-refractivity contribution in [3.63, 3.8) is 0 Å². The number of alkyl carbamates (subject to hydrolysis) is 2. The number of hydrogen-bond donors (Lipinski definition) is 13. The number of anilines is 1. The normalized spacial score (nSPS) is 17.9. The highest BCUT2D eigenvalue weighted by molar-refractivity contribution is 7.89. The van der Waals surface area contributed by atoms with Crippen molar-refractivity contribution >= 4 is 116 Å². The van der Waals surface area contributed by atoms with E-state index in [0.29, 0.717) is 61.1 Å². The minimum absolute atomic E-state index is 0.000826. The van der Waals surface area contributed by atoms with Crippen LogP contribution in [0.2, 0.25) is 0 Å². The molecule has 9 rings (SSSR count). The van der Waals surface area contributed by atoms with Crippen molar-refractivity contribution in [3.05, 3.63) is 131 Å². The maximum absolute atomic E-state index is 14.7. The molecule has 10 atom stereocenters. The SMILES string of the molecule is CCCC(NC(=O)C1C[C@@H](NS(=O)(=O)c2ccc3oc(=O)cc(OC)c3c2)CN1C(=O)[C@@H](NC(=O)OCC(C)C)C1CCCCC1)C(=O)C(=O)NCC(=O)N[C@H](C(N)=O)c1ccccc1.CCCC(NC(=O)[C@@H]1C[C@@H](NC(=O)Nc2ccc(OC)cc2)CN1C(=O)[C@@H](NC(=O)OCC(C)C)C1CCCCC1)C(=O)C(=O)NCC(=O)N[C@H](C(N)=O)c1ccccc1. The second kappa shape index (κ2) is 47.4. The van der Waals surface area contributed by atoms with Crippen LogP contribution < -0.4 is 84.5 Å². The van der Waals surface area contributed by atoms with Gasteiger partial charge >= 0.3 is 23.8 Å². The summed E-state index contributed by atoms with van der Waals surface area (Å²) in [7, 11) is -1.57. The van der Waals surface area contributed by atoms with Gasteiger partial charge in [-0.25, -0.2) is 32.3 Å². The van der Waals surface area contributed by atoms with E-state index in [1.807, 2.05) is 27.7 Å². The molecule has 2 aliphatic heterocycles. The summed E-state index contributed by atoms with van der Waals surface area (Å²) >= 11 is 0. The third-order valence-corrected chi connectivity index (χ3v) is 23.1. The summed E-state index contributed by atoms with van der Waals surface area (Å²) in [6.07, 6.45) is 6.43. The number of hydrogen-bond acceptors (Lipinski definition) is 23. The third-order valence-electron chi connectivity index (χ3n) is 21.5. The van der Waals surface area contributed by atoms with E-state index in [-0.39, 0.29) is 97.3 Å². The molecule has 0 radical (unpaired) electrons. The second-order valence-electron chi connectivity index (χ2n) is 32.1. The molecule has 3 unspecified atom stereocenters. The number of sulfonamides is 1. The number of primary amides is 2. The Morgan fingerprint density at radius 2 is 0.968 bits per heavy atom. The number of carbonyl (C=O) groups is 15. The Kier molecular flexibility index (Phi) is 37.1. The van der Waals surface area contributed by atoms with Crippen LogP contribution in [-0.2, 0) is 77.0 Å². The molecule has 4 aromatic carbocycles. The van der Waals surface area contributed by atoms with Crippen LogP contribution in [0.4, 0.5) is 20.1 Å². The van der Waals surface area contributed by atoms with Gasteiger partial charge in [-0.3, -0.25) is 57.5 Å². The Hall–Kier alpha value is -12.6. The summed E-state index contributed by atoms with van der Waals surface area (Å²) in [6, 6.07) is 15.5. The first-order valence-electron chi connectivity index (χ1n) is 42.0. The number of rotatable bonds is 39. The van der Waals surface area contributed by atoms with E-state index >= 15 is 0 Å². The number of methoxy groups -OCH3 is 2. The van der Waals surface area contributed by atoms with Gasteiger partial charge in [0.25, 0.3) is 11.8 Å². The fraction of sp³-hybridized carbons (Fsp3) is 0.512. The molecule has 2 aliphatic carbocycles. The monoisotopic (exact) mass is 1760 g/mol. The van der Waals surface area contributed by atoms with E-state index in [9.17, 15) is 85.1 Å². The van der Waals surface area contributed by atoms with Crippen molar-refractivity contribution in [2.75, 3.05) is 58.9 Å². The van der Waals surface area contributed by atoms with Crippen molar-refractivity contribution in [3.8, 4) is 11.5 Å². The zero-order valence-electron chi connectivity index (χ0n) is 71.4. The molecule has 125 heavy (non-hydrogen) atoms. The first-order chi connectivity index (χ1) is 59.6. The van der Waals surface area contributed by atoms with E-state index in [0.717, 1.165) is 44.6 Å². The molecule has 678 valence electrons. The quantitative estimate of drug-likeness (QED) is 0.0194.